The number of carboxylic acid groups (broad SMARTS) is 1. The minimum atomic E-state index is -0.845. The molecule has 0 aliphatic rings. The summed E-state index contributed by atoms with van der Waals surface area (Å²) in [4.78, 5) is 11.7. The number of tetrazole rings is 1. The average molecular weight is 170 g/mol. The van der Waals surface area contributed by atoms with Crippen molar-refractivity contribution in [2.24, 2.45) is 13.0 Å². The number of hydrogen-bond acceptors (Lipinski definition) is 4. The van der Waals surface area contributed by atoms with Crippen LogP contribution >= 0.6 is 0 Å². The molecule has 1 unspecified atom stereocenters. The van der Waals surface area contributed by atoms with Gasteiger partial charge in [-0.3, -0.25) is 4.79 Å². The lowest BCUT2D eigenvalue weighted by Gasteiger charge is -1.99. The highest BCUT2D eigenvalue weighted by atomic mass is 16.4. The molecular weight excluding hydrogens is 160 g/mol. The Hall–Kier alpha value is -1.46. The van der Waals surface area contributed by atoms with E-state index in [4.69, 9.17) is 5.11 Å². The number of carboxylic acids is 1. The summed E-state index contributed by atoms with van der Waals surface area (Å²) >= 11 is 0. The van der Waals surface area contributed by atoms with E-state index in [1.807, 2.05) is 0 Å². The summed E-state index contributed by atoms with van der Waals surface area (Å²) in [5.41, 5.74) is 0. The van der Waals surface area contributed by atoms with E-state index in [-0.39, 0.29) is 0 Å². The Morgan fingerprint density at radius 2 is 2.42 bits per heavy atom. The van der Waals surface area contributed by atoms with Crippen LogP contribution in [-0.2, 0) is 18.3 Å². The predicted molar refractivity (Wildman–Crippen MR) is 39.3 cm³/mol. The topological polar surface area (TPSA) is 80.9 Å². The lowest BCUT2D eigenvalue weighted by molar-refractivity contribution is -0.141. The zero-order chi connectivity index (χ0) is 9.14. The number of aryl methyl sites for hydroxylation is 1. The molecule has 0 saturated heterocycles. The summed E-state index contributed by atoms with van der Waals surface area (Å²) in [7, 11) is 1.64. The third-order valence-electron chi connectivity index (χ3n) is 1.46. The zero-order valence-corrected chi connectivity index (χ0v) is 6.93. The maximum atomic E-state index is 10.4. The third-order valence-corrected chi connectivity index (χ3v) is 1.46. The van der Waals surface area contributed by atoms with E-state index in [9.17, 15) is 4.79 Å². The number of aliphatic carboxylic acids is 1. The van der Waals surface area contributed by atoms with Crippen LogP contribution in [0.2, 0.25) is 0 Å². The van der Waals surface area contributed by atoms with Crippen LogP contribution in [0.5, 0.6) is 0 Å². The standard InChI is InChI=1S/C6H10N4O2/c1-4(6(11)12)3-5-7-9-10(2)8-5/h4H,3H2,1-2H3,(H,11,12). The first-order valence-electron chi connectivity index (χ1n) is 3.55. The van der Waals surface area contributed by atoms with Gasteiger partial charge in [0, 0.05) is 6.42 Å². The predicted octanol–water partition coefficient (Wildman–Crippen LogP) is -0.527. The van der Waals surface area contributed by atoms with Crippen molar-refractivity contribution in [1.29, 1.82) is 0 Å². The molecule has 0 spiro atoms. The Bertz CT molecular complexity index is 283. The lowest BCUT2D eigenvalue weighted by atomic mass is 10.1. The van der Waals surface area contributed by atoms with Gasteiger partial charge < -0.3 is 5.11 Å². The summed E-state index contributed by atoms with van der Waals surface area (Å²) in [6, 6.07) is 0. The molecule has 0 amide bonds. The van der Waals surface area contributed by atoms with Crippen LogP contribution < -0.4 is 0 Å². The minimum absolute atomic E-state index is 0.323. The highest BCUT2D eigenvalue weighted by Gasteiger charge is 2.14. The van der Waals surface area contributed by atoms with Crippen LogP contribution in [0.15, 0.2) is 0 Å². The maximum Gasteiger partial charge on any atom is 0.306 e. The molecule has 0 aromatic carbocycles. The minimum Gasteiger partial charge on any atom is -0.481 e. The van der Waals surface area contributed by atoms with Gasteiger partial charge in [0.05, 0.1) is 13.0 Å². The van der Waals surface area contributed by atoms with E-state index in [0.717, 1.165) is 0 Å². The van der Waals surface area contributed by atoms with E-state index >= 15 is 0 Å². The Morgan fingerprint density at radius 3 is 2.83 bits per heavy atom. The van der Waals surface area contributed by atoms with Crippen LogP contribution in [0, 0.1) is 5.92 Å². The van der Waals surface area contributed by atoms with Crippen molar-refractivity contribution >= 4 is 5.97 Å². The smallest absolute Gasteiger partial charge is 0.306 e. The number of rotatable bonds is 3. The number of aromatic nitrogens is 4. The summed E-state index contributed by atoms with van der Waals surface area (Å²) in [6.45, 7) is 1.61. The van der Waals surface area contributed by atoms with Crippen molar-refractivity contribution in [2.75, 3.05) is 0 Å². The molecule has 1 aromatic rings. The van der Waals surface area contributed by atoms with Gasteiger partial charge in [-0.15, -0.1) is 10.2 Å². The summed E-state index contributed by atoms with van der Waals surface area (Å²) in [5, 5.41) is 19.7. The van der Waals surface area contributed by atoms with Crippen LogP contribution in [0.1, 0.15) is 12.7 Å². The Morgan fingerprint density at radius 1 is 1.75 bits per heavy atom. The lowest BCUT2D eigenvalue weighted by Crippen LogP contribution is -2.13. The second kappa shape index (κ2) is 3.29. The van der Waals surface area contributed by atoms with Crippen molar-refractivity contribution in [3.05, 3.63) is 5.82 Å². The maximum absolute atomic E-state index is 10.4. The van der Waals surface area contributed by atoms with Gasteiger partial charge in [0.15, 0.2) is 5.82 Å². The molecule has 0 bridgehead atoms. The Balaban J connectivity index is 2.58. The molecule has 0 radical (unpaired) electrons. The van der Waals surface area contributed by atoms with E-state index in [2.05, 4.69) is 15.4 Å². The molecule has 1 rings (SSSR count). The van der Waals surface area contributed by atoms with Gasteiger partial charge >= 0.3 is 5.97 Å². The van der Waals surface area contributed by atoms with E-state index in [0.29, 0.717) is 12.2 Å². The summed E-state index contributed by atoms with van der Waals surface area (Å²) < 4.78 is 0. The largest absolute Gasteiger partial charge is 0.481 e. The zero-order valence-electron chi connectivity index (χ0n) is 6.93. The quantitative estimate of drug-likeness (QED) is 0.659. The van der Waals surface area contributed by atoms with E-state index in [1.54, 1.807) is 14.0 Å². The number of hydrogen-bond donors (Lipinski definition) is 1. The van der Waals surface area contributed by atoms with Crippen LogP contribution in [0.25, 0.3) is 0 Å². The molecule has 0 aliphatic carbocycles. The van der Waals surface area contributed by atoms with Gasteiger partial charge in [-0.25, -0.2) is 0 Å². The van der Waals surface area contributed by atoms with Crippen LogP contribution in [0.3, 0.4) is 0 Å². The molecule has 0 saturated carbocycles. The van der Waals surface area contributed by atoms with Crippen molar-refractivity contribution in [3.63, 3.8) is 0 Å². The van der Waals surface area contributed by atoms with Crippen molar-refractivity contribution < 1.29 is 9.90 Å². The molecule has 12 heavy (non-hydrogen) atoms. The van der Waals surface area contributed by atoms with Gasteiger partial charge in [0.2, 0.25) is 0 Å². The number of carbonyl (C=O) groups is 1. The van der Waals surface area contributed by atoms with E-state index < -0.39 is 11.9 Å². The fourth-order valence-electron chi connectivity index (χ4n) is 0.766. The van der Waals surface area contributed by atoms with Crippen molar-refractivity contribution in [1.82, 2.24) is 20.2 Å². The number of nitrogens with zero attached hydrogens (tertiary/aromatic N) is 4. The van der Waals surface area contributed by atoms with E-state index in [1.165, 1.54) is 4.80 Å². The molecule has 1 aromatic heterocycles. The van der Waals surface area contributed by atoms with Crippen LogP contribution in [0.4, 0.5) is 0 Å². The van der Waals surface area contributed by atoms with Gasteiger partial charge in [-0.2, -0.15) is 4.80 Å². The molecule has 66 valence electrons. The molecule has 1 N–H and O–H groups in total. The first-order valence-corrected chi connectivity index (χ1v) is 3.55. The molecular formula is C6H10N4O2. The molecule has 0 fully saturated rings. The summed E-state index contributed by atoms with van der Waals surface area (Å²) in [6.07, 6.45) is 0.323. The highest BCUT2D eigenvalue weighted by Crippen LogP contribution is 2.01. The average Bonchev–Trinajstić information content (AvgIpc) is 2.35. The fraction of sp³-hybridized carbons (Fsp3) is 0.667. The highest BCUT2D eigenvalue weighted by molar-refractivity contribution is 5.69. The second-order valence-corrected chi connectivity index (χ2v) is 2.64. The van der Waals surface area contributed by atoms with Gasteiger partial charge in [-0.05, 0) is 5.21 Å². The molecule has 0 aliphatic heterocycles. The Labute approximate surface area is 69.2 Å². The second-order valence-electron chi connectivity index (χ2n) is 2.64. The first-order chi connectivity index (χ1) is 5.59. The Kier molecular flexibility index (Phi) is 2.37. The summed E-state index contributed by atoms with van der Waals surface area (Å²) in [5.74, 6) is -0.843. The molecule has 6 nitrogen and oxygen atoms in total. The fourth-order valence-corrected chi connectivity index (χ4v) is 0.766. The SMILES string of the molecule is CC(Cc1nnn(C)n1)C(=O)O. The third kappa shape index (κ3) is 2.01. The van der Waals surface area contributed by atoms with Crippen LogP contribution in [-0.4, -0.2) is 31.3 Å². The van der Waals surface area contributed by atoms with Crippen molar-refractivity contribution in [3.8, 4) is 0 Å². The molecule has 1 heterocycles. The van der Waals surface area contributed by atoms with Gasteiger partial charge in [0.1, 0.15) is 0 Å². The van der Waals surface area contributed by atoms with Gasteiger partial charge in [0.25, 0.3) is 0 Å². The molecule has 6 heteroatoms. The normalized spacial score (nSPS) is 12.8. The first kappa shape index (κ1) is 8.63. The van der Waals surface area contributed by atoms with Crippen molar-refractivity contribution in [2.45, 2.75) is 13.3 Å². The molecule has 1 atom stereocenters. The monoisotopic (exact) mass is 170 g/mol. The van der Waals surface area contributed by atoms with Gasteiger partial charge in [-0.1, -0.05) is 6.92 Å².